The number of phosphoric acid groups is 1. The summed E-state index contributed by atoms with van der Waals surface area (Å²) >= 11 is 0. The number of methoxy groups -OCH3 is 1. The summed E-state index contributed by atoms with van der Waals surface area (Å²) in [6.07, 6.45) is 1.66. The second kappa shape index (κ2) is 11.1. The van der Waals surface area contributed by atoms with Crippen molar-refractivity contribution in [3.63, 3.8) is 0 Å². The van der Waals surface area contributed by atoms with Gasteiger partial charge < -0.3 is 29.6 Å². The van der Waals surface area contributed by atoms with E-state index >= 15 is 0 Å². The number of aryl methyl sites for hydroxylation is 3. The van der Waals surface area contributed by atoms with Gasteiger partial charge in [-0.25, -0.2) is 18.9 Å². The van der Waals surface area contributed by atoms with E-state index in [9.17, 15) is 9.36 Å². The van der Waals surface area contributed by atoms with Crippen LogP contribution >= 0.6 is 7.82 Å². The minimum absolute atomic E-state index is 0. The van der Waals surface area contributed by atoms with E-state index in [-0.39, 0.29) is 35.1 Å². The zero-order valence-corrected chi connectivity index (χ0v) is 20.3. The Balaban J connectivity index is 0.00000361. The van der Waals surface area contributed by atoms with Crippen LogP contribution in [0.15, 0.2) is 45.7 Å². The summed E-state index contributed by atoms with van der Waals surface area (Å²) in [4.78, 5) is 39.1. The van der Waals surface area contributed by atoms with Crippen LogP contribution in [0.5, 0.6) is 5.75 Å². The molecule has 0 aliphatic heterocycles. The summed E-state index contributed by atoms with van der Waals surface area (Å²) in [5.41, 5.74) is 4.34. The molecule has 4 aromatic rings. The molecule has 2 heterocycles. The molecule has 0 saturated carbocycles. The van der Waals surface area contributed by atoms with Crippen molar-refractivity contribution in [2.45, 2.75) is 27.5 Å². The van der Waals surface area contributed by atoms with Crippen LogP contribution in [0.4, 0.5) is 23.1 Å². The number of fused-ring (bicyclic) bond motifs is 1. The van der Waals surface area contributed by atoms with Crippen LogP contribution in [0.2, 0.25) is 0 Å². The number of anilines is 4. The Morgan fingerprint density at radius 1 is 1.06 bits per heavy atom. The Kier molecular flexibility index (Phi) is 8.63. The Morgan fingerprint density at radius 3 is 2.47 bits per heavy atom. The molecule has 0 aliphatic carbocycles. The number of rotatable bonds is 8. The first kappa shape index (κ1) is 27.9. The van der Waals surface area contributed by atoms with Gasteiger partial charge in [-0.2, -0.15) is 4.98 Å². The van der Waals surface area contributed by atoms with Gasteiger partial charge in [-0.1, -0.05) is 0 Å². The number of nitrogens with one attached hydrogen (secondary N) is 2. The van der Waals surface area contributed by atoms with Gasteiger partial charge in [0, 0.05) is 29.2 Å². The summed E-state index contributed by atoms with van der Waals surface area (Å²) in [6, 6.07) is 9.05. The number of aromatic nitrogens is 3. The molecule has 4 rings (SSSR count). The van der Waals surface area contributed by atoms with Crippen molar-refractivity contribution in [1.82, 2.24) is 14.5 Å². The third-order valence-corrected chi connectivity index (χ3v) is 5.54. The SMILES string of the molecule is COc1cc(C)cc(Nc2ncc(C)c(Nc3cc(C)c4oc(=O)n(COP(=O)(O)O)c4c3)n2)c1.[NaH]. The van der Waals surface area contributed by atoms with Gasteiger partial charge in [0.1, 0.15) is 18.3 Å². The van der Waals surface area contributed by atoms with Crippen LogP contribution in [-0.2, 0) is 15.8 Å². The molecule has 4 N–H and O–H groups in total. The molecule has 0 bridgehead atoms. The number of benzene rings is 2. The fraction of sp³-hybridized carbons (Fsp3) is 0.227. The van der Waals surface area contributed by atoms with Gasteiger partial charge in [0.15, 0.2) is 5.58 Å². The molecule has 186 valence electrons. The minimum atomic E-state index is -4.78. The fourth-order valence-corrected chi connectivity index (χ4v) is 3.76. The van der Waals surface area contributed by atoms with E-state index in [1.165, 1.54) is 0 Å². The zero-order valence-electron chi connectivity index (χ0n) is 19.4. The van der Waals surface area contributed by atoms with E-state index in [0.717, 1.165) is 21.4 Å². The number of phosphoric ester groups is 1. The molecule has 0 fully saturated rings. The topological polar surface area (TPSA) is 161 Å². The molecule has 0 atom stereocenters. The van der Waals surface area contributed by atoms with Crippen molar-refractivity contribution in [3.8, 4) is 5.75 Å². The monoisotopic (exact) mass is 525 g/mol. The Hall–Kier alpha value is -2.70. The average molecular weight is 525 g/mol. The van der Waals surface area contributed by atoms with Crippen molar-refractivity contribution in [2.75, 3.05) is 17.7 Å². The summed E-state index contributed by atoms with van der Waals surface area (Å²) in [5, 5.41) is 6.37. The molecule has 2 aromatic heterocycles. The van der Waals surface area contributed by atoms with Gasteiger partial charge in [-0.3, -0.25) is 4.52 Å². The maximum atomic E-state index is 12.2. The van der Waals surface area contributed by atoms with Crippen LogP contribution in [0.1, 0.15) is 16.7 Å². The van der Waals surface area contributed by atoms with Crippen molar-refractivity contribution < 1.29 is 28.0 Å². The van der Waals surface area contributed by atoms with E-state index in [2.05, 4.69) is 25.1 Å². The predicted molar refractivity (Wildman–Crippen MR) is 137 cm³/mol. The quantitative estimate of drug-likeness (QED) is 0.197. The molecule has 36 heavy (non-hydrogen) atoms. The first-order valence-corrected chi connectivity index (χ1v) is 11.9. The first-order chi connectivity index (χ1) is 16.5. The van der Waals surface area contributed by atoms with Crippen LogP contribution in [0.25, 0.3) is 11.1 Å². The zero-order chi connectivity index (χ0) is 25.3. The molecule has 0 aliphatic rings. The standard InChI is InChI=1S/C22H24N5O7P.Na.H/c1-12-5-15(8-17(6-12)32-4)25-21-23-10-14(3)20(26-21)24-16-7-13(2)19-18(9-16)27(22(28)34-19)11-33-35(29,30)31;;/h5-10H,11H2,1-4H3,(H2,29,30,31)(H2,23,24,25,26);;. The summed E-state index contributed by atoms with van der Waals surface area (Å²) in [6.45, 7) is 4.87. The molecule has 0 unspecified atom stereocenters. The van der Waals surface area contributed by atoms with Gasteiger partial charge in [-0.15, -0.1) is 0 Å². The van der Waals surface area contributed by atoms with Crippen LogP contribution in [-0.4, -0.2) is 61.0 Å². The molecule has 14 heteroatoms. The van der Waals surface area contributed by atoms with Crippen molar-refractivity contribution >= 4 is 71.6 Å². The van der Waals surface area contributed by atoms with Gasteiger partial charge in [0.05, 0.1) is 12.6 Å². The van der Waals surface area contributed by atoms with E-state index in [1.54, 1.807) is 32.4 Å². The average Bonchev–Trinajstić information content (AvgIpc) is 3.09. The van der Waals surface area contributed by atoms with Gasteiger partial charge in [0.25, 0.3) is 0 Å². The van der Waals surface area contributed by atoms with Crippen molar-refractivity contribution in [1.29, 1.82) is 0 Å². The predicted octanol–water partition coefficient (Wildman–Crippen LogP) is 3.22. The van der Waals surface area contributed by atoms with Gasteiger partial charge in [-0.05, 0) is 56.2 Å². The summed E-state index contributed by atoms with van der Waals surface area (Å²) in [7, 11) is -3.18. The van der Waals surface area contributed by atoms with Crippen LogP contribution in [0.3, 0.4) is 0 Å². The Morgan fingerprint density at radius 2 is 1.78 bits per heavy atom. The van der Waals surface area contributed by atoms with E-state index in [1.807, 2.05) is 32.0 Å². The van der Waals surface area contributed by atoms with Crippen LogP contribution in [0, 0.1) is 20.8 Å². The molecule has 2 aromatic carbocycles. The molecule has 12 nitrogen and oxygen atoms in total. The fourth-order valence-electron chi connectivity index (χ4n) is 3.49. The van der Waals surface area contributed by atoms with Crippen molar-refractivity contribution in [3.05, 3.63) is 63.8 Å². The third kappa shape index (κ3) is 6.54. The van der Waals surface area contributed by atoms with Gasteiger partial charge in [0.2, 0.25) is 5.95 Å². The molecule has 0 amide bonds. The second-order valence-electron chi connectivity index (χ2n) is 7.90. The number of hydrogen-bond acceptors (Lipinski definition) is 9. The molecular weight excluding hydrogens is 500 g/mol. The molecular formula is C22H25N5NaO7P. The van der Waals surface area contributed by atoms with E-state index < -0.39 is 20.3 Å². The summed E-state index contributed by atoms with van der Waals surface area (Å²) < 4.78 is 27.1. The first-order valence-electron chi connectivity index (χ1n) is 10.4. The van der Waals surface area contributed by atoms with Crippen LogP contribution < -0.4 is 21.1 Å². The molecule has 0 saturated heterocycles. The number of ether oxygens (including phenoxy) is 1. The Labute approximate surface area is 228 Å². The number of hydrogen-bond donors (Lipinski definition) is 4. The number of oxazole rings is 1. The van der Waals surface area contributed by atoms with E-state index in [0.29, 0.717) is 34.3 Å². The third-order valence-electron chi connectivity index (χ3n) is 5.09. The molecule has 0 spiro atoms. The Bertz CT molecular complexity index is 1510. The normalized spacial score (nSPS) is 11.3. The molecule has 0 radical (unpaired) electrons. The summed E-state index contributed by atoms with van der Waals surface area (Å²) in [5.74, 6) is 0.783. The van der Waals surface area contributed by atoms with Gasteiger partial charge >= 0.3 is 43.1 Å². The second-order valence-corrected chi connectivity index (χ2v) is 9.14. The van der Waals surface area contributed by atoms with E-state index in [4.69, 9.17) is 18.9 Å². The van der Waals surface area contributed by atoms with Crippen molar-refractivity contribution in [2.24, 2.45) is 0 Å². The number of nitrogens with zero attached hydrogens (tertiary/aromatic N) is 3. The maximum absolute atomic E-state index is 12.2.